The van der Waals surface area contributed by atoms with Crippen molar-refractivity contribution < 1.29 is 0 Å². The molecule has 1 N–H and O–H groups in total. The number of nitriles is 1. The largest absolute Gasteiger partial charge is 0.299 e. The molecule has 1 aromatic carbocycles. The number of benzene rings is 1. The number of piperidine rings is 1. The summed E-state index contributed by atoms with van der Waals surface area (Å²) in [5.41, 5.74) is 0.477. The smallest absolute Gasteiger partial charge is 0.133 e. The lowest BCUT2D eigenvalue weighted by molar-refractivity contribution is 0.0942. The van der Waals surface area contributed by atoms with Crippen molar-refractivity contribution >= 4 is 0 Å². The molecule has 0 saturated carbocycles. The Kier molecular flexibility index (Phi) is 5.39. The van der Waals surface area contributed by atoms with Gasteiger partial charge in [0.25, 0.3) is 0 Å². The molecular weight excluding hydrogens is 258 g/mol. The zero-order valence-corrected chi connectivity index (χ0v) is 13.5. The Balaban J connectivity index is 2.12. The summed E-state index contributed by atoms with van der Waals surface area (Å²) in [5, 5.41) is 13.0. The Hall–Kier alpha value is -1.37. The number of likely N-dealkylation sites (tertiary alicyclic amines) is 1. The molecule has 114 valence electrons. The SMILES string of the molecule is CNC(C#N)(CCN1[C@H](C)CCC[C@@H]1C)c1ccccc1. The van der Waals surface area contributed by atoms with Crippen LogP contribution in [0.25, 0.3) is 0 Å². The molecule has 0 spiro atoms. The van der Waals surface area contributed by atoms with Crippen molar-refractivity contribution in [2.45, 2.75) is 57.2 Å². The first-order chi connectivity index (χ1) is 10.1. The zero-order chi connectivity index (χ0) is 15.3. The summed E-state index contributed by atoms with van der Waals surface area (Å²) in [7, 11) is 1.89. The van der Waals surface area contributed by atoms with Gasteiger partial charge >= 0.3 is 0 Å². The van der Waals surface area contributed by atoms with Crippen LogP contribution in [0.2, 0.25) is 0 Å². The first-order valence-corrected chi connectivity index (χ1v) is 8.04. The lowest BCUT2D eigenvalue weighted by atomic mass is 9.87. The molecule has 1 aliphatic heterocycles. The van der Waals surface area contributed by atoms with E-state index in [1.165, 1.54) is 19.3 Å². The molecule has 3 heteroatoms. The highest BCUT2D eigenvalue weighted by molar-refractivity contribution is 5.31. The maximum Gasteiger partial charge on any atom is 0.133 e. The highest BCUT2D eigenvalue weighted by Crippen LogP contribution is 2.28. The normalized spacial score (nSPS) is 26.0. The van der Waals surface area contributed by atoms with Gasteiger partial charge in [-0.3, -0.25) is 10.2 Å². The summed E-state index contributed by atoms with van der Waals surface area (Å²) in [4.78, 5) is 2.57. The predicted molar refractivity (Wildman–Crippen MR) is 86.9 cm³/mol. The number of hydrogen-bond donors (Lipinski definition) is 1. The third-order valence-electron chi connectivity index (χ3n) is 5.01. The average Bonchev–Trinajstić information content (AvgIpc) is 2.52. The lowest BCUT2D eigenvalue weighted by Crippen LogP contribution is -2.48. The number of rotatable bonds is 5. The number of nitrogens with zero attached hydrogens (tertiary/aromatic N) is 2. The van der Waals surface area contributed by atoms with Crippen LogP contribution in [0, 0.1) is 11.3 Å². The molecule has 1 saturated heterocycles. The topological polar surface area (TPSA) is 39.1 Å². The van der Waals surface area contributed by atoms with Crippen molar-refractivity contribution in [1.82, 2.24) is 10.2 Å². The summed E-state index contributed by atoms with van der Waals surface area (Å²) in [6.45, 7) is 5.59. The van der Waals surface area contributed by atoms with Crippen molar-refractivity contribution in [2.24, 2.45) is 0 Å². The fraction of sp³-hybridized carbons (Fsp3) is 0.611. The Morgan fingerprint density at radius 1 is 1.24 bits per heavy atom. The van der Waals surface area contributed by atoms with E-state index in [0.29, 0.717) is 12.1 Å². The lowest BCUT2D eigenvalue weighted by Gasteiger charge is -2.40. The van der Waals surface area contributed by atoms with E-state index in [4.69, 9.17) is 0 Å². The van der Waals surface area contributed by atoms with Crippen LogP contribution in [0.4, 0.5) is 0 Å². The van der Waals surface area contributed by atoms with E-state index in [1.54, 1.807) is 0 Å². The summed E-state index contributed by atoms with van der Waals surface area (Å²) >= 11 is 0. The van der Waals surface area contributed by atoms with E-state index in [1.807, 2.05) is 37.4 Å². The molecule has 0 amide bonds. The first-order valence-electron chi connectivity index (χ1n) is 8.04. The van der Waals surface area contributed by atoms with E-state index in [-0.39, 0.29) is 0 Å². The molecule has 1 aliphatic rings. The van der Waals surface area contributed by atoms with Crippen molar-refractivity contribution in [1.29, 1.82) is 5.26 Å². The van der Waals surface area contributed by atoms with Gasteiger partial charge in [0.15, 0.2) is 0 Å². The third kappa shape index (κ3) is 3.45. The van der Waals surface area contributed by atoms with Gasteiger partial charge in [-0.2, -0.15) is 5.26 Å². The van der Waals surface area contributed by atoms with Gasteiger partial charge in [0.05, 0.1) is 6.07 Å². The van der Waals surface area contributed by atoms with Crippen LogP contribution >= 0.6 is 0 Å². The molecule has 3 nitrogen and oxygen atoms in total. The van der Waals surface area contributed by atoms with Gasteiger partial charge in [-0.15, -0.1) is 0 Å². The summed E-state index contributed by atoms with van der Waals surface area (Å²) < 4.78 is 0. The average molecular weight is 285 g/mol. The molecule has 0 radical (unpaired) electrons. The van der Waals surface area contributed by atoms with E-state index >= 15 is 0 Å². The molecule has 2 rings (SSSR count). The minimum Gasteiger partial charge on any atom is -0.299 e. The van der Waals surface area contributed by atoms with E-state index in [9.17, 15) is 5.26 Å². The summed E-state index contributed by atoms with van der Waals surface area (Å²) in [6.07, 6.45) is 4.69. The minimum absolute atomic E-state index is 0.585. The van der Waals surface area contributed by atoms with Crippen LogP contribution in [-0.2, 0) is 5.54 Å². The summed E-state index contributed by atoms with van der Waals surface area (Å²) in [5.74, 6) is 0. The molecule has 3 atom stereocenters. The van der Waals surface area contributed by atoms with Crippen LogP contribution in [0.1, 0.15) is 45.1 Å². The molecule has 1 fully saturated rings. The van der Waals surface area contributed by atoms with Crippen molar-refractivity contribution in [2.75, 3.05) is 13.6 Å². The van der Waals surface area contributed by atoms with Crippen molar-refractivity contribution in [3.63, 3.8) is 0 Å². The molecule has 0 bridgehead atoms. The van der Waals surface area contributed by atoms with Crippen molar-refractivity contribution in [3.05, 3.63) is 35.9 Å². The molecule has 1 heterocycles. The van der Waals surface area contributed by atoms with Gasteiger partial charge in [0.1, 0.15) is 5.54 Å². The standard InChI is InChI=1S/C18H27N3/c1-15-8-7-9-16(2)21(15)13-12-18(14-19,20-3)17-10-5-4-6-11-17/h4-6,10-11,15-16,20H,7-9,12-13H2,1-3H3/t15-,16+,18?. The predicted octanol–water partition coefficient (Wildman–Crippen LogP) is 3.28. The fourth-order valence-electron chi connectivity index (χ4n) is 3.53. The molecule has 21 heavy (non-hydrogen) atoms. The molecule has 0 aliphatic carbocycles. The van der Waals surface area contributed by atoms with E-state index in [0.717, 1.165) is 18.5 Å². The summed E-state index contributed by atoms with van der Waals surface area (Å²) in [6, 6.07) is 13.9. The van der Waals surface area contributed by atoms with E-state index < -0.39 is 5.54 Å². The van der Waals surface area contributed by atoms with Gasteiger partial charge in [-0.05, 0) is 45.7 Å². The van der Waals surface area contributed by atoms with E-state index in [2.05, 4.69) is 30.1 Å². The second-order valence-electron chi connectivity index (χ2n) is 6.25. The second kappa shape index (κ2) is 7.06. The fourth-order valence-corrected chi connectivity index (χ4v) is 3.53. The zero-order valence-electron chi connectivity index (χ0n) is 13.5. The van der Waals surface area contributed by atoms with Crippen LogP contribution in [0.15, 0.2) is 30.3 Å². The highest BCUT2D eigenvalue weighted by atomic mass is 15.2. The van der Waals surface area contributed by atoms with Crippen LogP contribution in [0.3, 0.4) is 0 Å². The van der Waals surface area contributed by atoms with Crippen molar-refractivity contribution in [3.8, 4) is 6.07 Å². The third-order valence-corrected chi connectivity index (χ3v) is 5.01. The Morgan fingerprint density at radius 2 is 1.86 bits per heavy atom. The minimum atomic E-state index is -0.585. The van der Waals surface area contributed by atoms with Crippen LogP contribution < -0.4 is 5.32 Å². The maximum absolute atomic E-state index is 9.76. The highest BCUT2D eigenvalue weighted by Gasteiger charge is 2.33. The molecular formula is C18H27N3. The van der Waals surface area contributed by atoms with Gasteiger partial charge in [0.2, 0.25) is 0 Å². The second-order valence-corrected chi connectivity index (χ2v) is 6.25. The monoisotopic (exact) mass is 285 g/mol. The molecule has 1 aromatic rings. The van der Waals surface area contributed by atoms with Gasteiger partial charge in [-0.25, -0.2) is 0 Å². The maximum atomic E-state index is 9.76. The van der Waals surface area contributed by atoms with Crippen LogP contribution in [0.5, 0.6) is 0 Å². The van der Waals surface area contributed by atoms with Gasteiger partial charge in [-0.1, -0.05) is 36.8 Å². The first kappa shape index (κ1) is 16.0. The quantitative estimate of drug-likeness (QED) is 0.902. The Morgan fingerprint density at radius 3 is 2.38 bits per heavy atom. The Bertz CT molecular complexity index is 469. The Labute approximate surface area is 129 Å². The van der Waals surface area contributed by atoms with Gasteiger partial charge < -0.3 is 0 Å². The van der Waals surface area contributed by atoms with Crippen LogP contribution in [-0.4, -0.2) is 30.6 Å². The molecule has 1 unspecified atom stereocenters. The number of nitrogens with one attached hydrogen (secondary N) is 1. The van der Waals surface area contributed by atoms with Gasteiger partial charge in [0, 0.05) is 18.6 Å². The molecule has 0 aromatic heterocycles. The number of hydrogen-bond acceptors (Lipinski definition) is 3.